The van der Waals surface area contributed by atoms with Crippen LogP contribution in [0.3, 0.4) is 0 Å². The molecule has 3 N–H and O–H groups in total. The molecule has 1 amide bonds. The van der Waals surface area contributed by atoms with Crippen molar-refractivity contribution in [3.63, 3.8) is 0 Å². The van der Waals surface area contributed by atoms with Gasteiger partial charge in [0.25, 0.3) is 5.91 Å². The zero-order valence-corrected chi connectivity index (χ0v) is 10.2. The Morgan fingerprint density at radius 1 is 1.37 bits per heavy atom. The van der Waals surface area contributed by atoms with Crippen molar-refractivity contribution in [2.45, 2.75) is 19.0 Å². The number of nitrogen functional groups attached to an aromatic ring is 1. The van der Waals surface area contributed by atoms with Gasteiger partial charge in [-0.2, -0.15) is 13.2 Å². The van der Waals surface area contributed by atoms with Crippen molar-refractivity contribution in [1.29, 1.82) is 0 Å². The van der Waals surface area contributed by atoms with Gasteiger partial charge in [-0.1, -0.05) is 6.07 Å². The number of rotatable bonds is 6. The molecule has 7 heteroatoms. The van der Waals surface area contributed by atoms with Crippen LogP contribution in [-0.2, 0) is 4.79 Å². The highest BCUT2D eigenvalue weighted by atomic mass is 19.4. The molecule has 106 valence electrons. The molecule has 0 bridgehead atoms. The lowest BCUT2D eigenvalue weighted by Crippen LogP contribution is -2.30. The summed E-state index contributed by atoms with van der Waals surface area (Å²) in [6, 6.07) is 6.53. The average molecular weight is 276 g/mol. The predicted octanol–water partition coefficient (Wildman–Crippen LogP) is 2.11. The van der Waals surface area contributed by atoms with E-state index in [4.69, 9.17) is 10.5 Å². The third-order valence-corrected chi connectivity index (χ3v) is 2.19. The molecular weight excluding hydrogens is 261 g/mol. The van der Waals surface area contributed by atoms with Crippen molar-refractivity contribution >= 4 is 11.6 Å². The van der Waals surface area contributed by atoms with Crippen LogP contribution in [0.25, 0.3) is 0 Å². The molecule has 1 aromatic carbocycles. The van der Waals surface area contributed by atoms with E-state index in [-0.39, 0.29) is 19.6 Å². The number of carbonyl (C=O) groups excluding carboxylic acids is 1. The number of benzene rings is 1. The monoisotopic (exact) mass is 276 g/mol. The van der Waals surface area contributed by atoms with Gasteiger partial charge in [0.2, 0.25) is 0 Å². The van der Waals surface area contributed by atoms with Crippen LogP contribution < -0.4 is 15.8 Å². The number of nitrogens with two attached hydrogens (primary N) is 1. The van der Waals surface area contributed by atoms with Gasteiger partial charge < -0.3 is 15.8 Å². The Morgan fingerprint density at radius 3 is 2.74 bits per heavy atom. The average Bonchev–Trinajstić information content (AvgIpc) is 2.31. The summed E-state index contributed by atoms with van der Waals surface area (Å²) >= 11 is 0. The lowest BCUT2D eigenvalue weighted by Gasteiger charge is -2.09. The van der Waals surface area contributed by atoms with E-state index >= 15 is 0 Å². The summed E-state index contributed by atoms with van der Waals surface area (Å²) in [5.41, 5.74) is 6.02. The second-order valence-corrected chi connectivity index (χ2v) is 3.93. The minimum atomic E-state index is -4.19. The Labute approximate surface area is 108 Å². The normalized spacial score (nSPS) is 11.1. The first-order chi connectivity index (χ1) is 8.87. The summed E-state index contributed by atoms with van der Waals surface area (Å²) in [6.45, 7) is -0.284. The van der Waals surface area contributed by atoms with Gasteiger partial charge in [-0.3, -0.25) is 4.79 Å². The molecule has 0 spiro atoms. The fourth-order valence-electron chi connectivity index (χ4n) is 1.32. The summed E-state index contributed by atoms with van der Waals surface area (Å²) in [6.07, 6.45) is -5.25. The largest absolute Gasteiger partial charge is 0.484 e. The van der Waals surface area contributed by atoms with Crippen LogP contribution in [0.15, 0.2) is 24.3 Å². The fraction of sp³-hybridized carbons (Fsp3) is 0.417. The molecule has 0 saturated carbocycles. The highest BCUT2D eigenvalue weighted by Gasteiger charge is 2.25. The molecule has 0 heterocycles. The first-order valence-electron chi connectivity index (χ1n) is 5.68. The van der Waals surface area contributed by atoms with Crippen LogP contribution in [-0.4, -0.2) is 25.2 Å². The van der Waals surface area contributed by atoms with Crippen LogP contribution >= 0.6 is 0 Å². The Kier molecular flexibility index (Phi) is 5.47. The zero-order valence-electron chi connectivity index (χ0n) is 10.2. The molecule has 0 atom stereocenters. The molecule has 1 rings (SSSR count). The summed E-state index contributed by atoms with van der Waals surface area (Å²) < 4.78 is 40.6. The number of halogens is 3. The molecule has 0 unspecified atom stereocenters. The van der Waals surface area contributed by atoms with E-state index in [2.05, 4.69) is 5.32 Å². The highest BCUT2D eigenvalue weighted by molar-refractivity contribution is 5.77. The van der Waals surface area contributed by atoms with Crippen molar-refractivity contribution in [2.75, 3.05) is 18.9 Å². The van der Waals surface area contributed by atoms with Gasteiger partial charge in [0.1, 0.15) is 5.75 Å². The van der Waals surface area contributed by atoms with Gasteiger partial charge in [0.15, 0.2) is 6.61 Å². The van der Waals surface area contributed by atoms with Crippen molar-refractivity contribution in [3.8, 4) is 5.75 Å². The molecule has 19 heavy (non-hydrogen) atoms. The molecule has 0 aliphatic rings. The lowest BCUT2D eigenvalue weighted by molar-refractivity contribution is -0.136. The SMILES string of the molecule is Nc1cccc(OCC(=O)NCCCC(F)(F)F)c1. The number of hydrogen-bond donors (Lipinski definition) is 2. The number of carbonyl (C=O) groups is 1. The Hall–Kier alpha value is -1.92. The molecule has 0 aromatic heterocycles. The van der Waals surface area contributed by atoms with E-state index in [0.717, 1.165) is 0 Å². The van der Waals surface area contributed by atoms with Crippen molar-refractivity contribution < 1.29 is 22.7 Å². The highest BCUT2D eigenvalue weighted by Crippen LogP contribution is 2.20. The smallest absolute Gasteiger partial charge is 0.389 e. The molecular formula is C12H15F3N2O2. The summed E-state index contributed by atoms with van der Waals surface area (Å²) in [4.78, 5) is 11.3. The van der Waals surface area contributed by atoms with Gasteiger partial charge in [-0.15, -0.1) is 0 Å². The van der Waals surface area contributed by atoms with Crippen LogP contribution in [0.5, 0.6) is 5.75 Å². The number of anilines is 1. The molecule has 0 fully saturated rings. The van der Waals surface area contributed by atoms with Crippen molar-refractivity contribution in [1.82, 2.24) is 5.32 Å². The van der Waals surface area contributed by atoms with E-state index in [9.17, 15) is 18.0 Å². The van der Waals surface area contributed by atoms with Crippen LogP contribution in [0.1, 0.15) is 12.8 Å². The predicted molar refractivity (Wildman–Crippen MR) is 64.6 cm³/mol. The summed E-state index contributed by atoms with van der Waals surface area (Å²) in [5, 5.41) is 2.34. The quantitative estimate of drug-likeness (QED) is 0.618. The van der Waals surface area contributed by atoms with Gasteiger partial charge in [0.05, 0.1) is 0 Å². The maximum Gasteiger partial charge on any atom is 0.389 e. The number of amides is 1. The second-order valence-electron chi connectivity index (χ2n) is 3.93. The number of nitrogens with one attached hydrogen (secondary N) is 1. The lowest BCUT2D eigenvalue weighted by atomic mass is 10.3. The van der Waals surface area contributed by atoms with Crippen molar-refractivity contribution in [2.24, 2.45) is 0 Å². The van der Waals surface area contributed by atoms with E-state index in [1.54, 1.807) is 24.3 Å². The Balaban J connectivity index is 2.18. The summed E-state index contributed by atoms with van der Waals surface area (Å²) in [5.74, 6) is -0.0324. The van der Waals surface area contributed by atoms with E-state index in [1.165, 1.54) is 0 Å². The molecule has 1 aromatic rings. The number of hydrogen-bond acceptors (Lipinski definition) is 3. The molecule has 0 radical (unpaired) electrons. The molecule has 0 aliphatic heterocycles. The van der Waals surface area contributed by atoms with Gasteiger partial charge in [-0.05, 0) is 18.6 Å². The van der Waals surface area contributed by atoms with Crippen LogP contribution in [0.2, 0.25) is 0 Å². The first-order valence-corrected chi connectivity index (χ1v) is 5.68. The molecule has 0 saturated heterocycles. The van der Waals surface area contributed by atoms with Crippen LogP contribution in [0, 0.1) is 0 Å². The van der Waals surface area contributed by atoms with Gasteiger partial charge in [-0.25, -0.2) is 0 Å². The Morgan fingerprint density at radius 2 is 2.11 bits per heavy atom. The third kappa shape index (κ3) is 7.17. The first kappa shape index (κ1) is 15.1. The van der Waals surface area contributed by atoms with E-state index in [1.807, 2.05) is 0 Å². The molecule has 0 aliphatic carbocycles. The number of ether oxygens (including phenoxy) is 1. The minimum Gasteiger partial charge on any atom is -0.484 e. The van der Waals surface area contributed by atoms with E-state index in [0.29, 0.717) is 11.4 Å². The minimum absolute atomic E-state index is 0.0291. The zero-order chi connectivity index (χ0) is 14.3. The standard InChI is InChI=1S/C12H15F3N2O2/c13-12(14,15)5-2-6-17-11(18)8-19-10-4-1-3-9(16)7-10/h1,3-4,7H,2,5-6,8,16H2,(H,17,18). The Bertz CT molecular complexity index is 422. The van der Waals surface area contributed by atoms with Crippen LogP contribution in [0.4, 0.5) is 18.9 Å². The van der Waals surface area contributed by atoms with Gasteiger partial charge in [0, 0.05) is 24.7 Å². The topological polar surface area (TPSA) is 64.3 Å². The maximum atomic E-state index is 11.8. The van der Waals surface area contributed by atoms with Crippen molar-refractivity contribution in [3.05, 3.63) is 24.3 Å². The second kappa shape index (κ2) is 6.86. The van der Waals surface area contributed by atoms with Gasteiger partial charge >= 0.3 is 6.18 Å². The number of alkyl halides is 3. The summed E-state index contributed by atoms with van der Waals surface area (Å²) in [7, 11) is 0. The fourth-order valence-corrected chi connectivity index (χ4v) is 1.32. The van der Waals surface area contributed by atoms with E-state index < -0.39 is 18.5 Å². The third-order valence-electron chi connectivity index (χ3n) is 2.19. The molecule has 4 nitrogen and oxygen atoms in total. The maximum absolute atomic E-state index is 11.8.